The van der Waals surface area contributed by atoms with Crippen molar-refractivity contribution < 1.29 is 9.53 Å². The Hall–Kier alpha value is -0.550. The minimum Gasteiger partial charge on any atom is -0.435 e. The van der Waals surface area contributed by atoms with Gasteiger partial charge in [-0.1, -0.05) is 0 Å². The summed E-state index contributed by atoms with van der Waals surface area (Å²) in [5, 5.41) is 0. The lowest BCUT2D eigenvalue weighted by Crippen LogP contribution is -2.25. The Morgan fingerprint density at radius 1 is 1.64 bits per heavy atom. The number of hydrogen-bond acceptors (Lipinski definition) is 3. The number of rotatable bonds is 1. The van der Waals surface area contributed by atoms with Crippen molar-refractivity contribution in [2.45, 2.75) is 12.5 Å². The second-order valence-corrected chi connectivity index (χ2v) is 6.02. The first kappa shape index (κ1) is 9.98. The zero-order valence-corrected chi connectivity index (χ0v) is 10.3. The highest BCUT2D eigenvalue weighted by Crippen LogP contribution is 2.37. The smallest absolute Gasteiger partial charge is 0.410 e. The minimum atomic E-state index is -0.484. The van der Waals surface area contributed by atoms with Crippen LogP contribution in [0.1, 0.15) is 11.8 Å². The van der Waals surface area contributed by atoms with Gasteiger partial charge in [-0.2, -0.15) is 0 Å². The monoisotopic (exact) mass is 275 g/mol. The SMILES string of the molecule is CN1CC(C)(c2ccc(Br)s2)OC1=O. The quantitative estimate of drug-likeness (QED) is 0.789. The maximum absolute atomic E-state index is 11.3. The van der Waals surface area contributed by atoms with Gasteiger partial charge in [-0.25, -0.2) is 4.79 Å². The van der Waals surface area contributed by atoms with Crippen LogP contribution in [-0.2, 0) is 10.3 Å². The highest BCUT2D eigenvalue weighted by molar-refractivity contribution is 9.11. The summed E-state index contributed by atoms with van der Waals surface area (Å²) in [4.78, 5) is 13.9. The summed E-state index contributed by atoms with van der Waals surface area (Å²) in [5.74, 6) is 0. The van der Waals surface area contributed by atoms with Gasteiger partial charge in [0.05, 0.1) is 15.2 Å². The van der Waals surface area contributed by atoms with E-state index in [-0.39, 0.29) is 6.09 Å². The fourth-order valence-electron chi connectivity index (χ4n) is 1.55. The lowest BCUT2D eigenvalue weighted by molar-refractivity contribution is 0.0729. The number of halogens is 1. The number of thiophene rings is 1. The molecule has 0 radical (unpaired) electrons. The van der Waals surface area contributed by atoms with Gasteiger partial charge in [0.25, 0.3) is 0 Å². The van der Waals surface area contributed by atoms with Crippen molar-refractivity contribution in [2.75, 3.05) is 13.6 Å². The lowest BCUT2D eigenvalue weighted by atomic mass is 10.1. The molecule has 3 nitrogen and oxygen atoms in total. The van der Waals surface area contributed by atoms with E-state index in [0.29, 0.717) is 6.54 Å². The molecule has 1 amide bonds. The van der Waals surface area contributed by atoms with Crippen molar-refractivity contribution in [2.24, 2.45) is 0 Å². The van der Waals surface area contributed by atoms with Crippen molar-refractivity contribution in [1.82, 2.24) is 4.90 Å². The average molecular weight is 276 g/mol. The summed E-state index contributed by atoms with van der Waals surface area (Å²) in [7, 11) is 1.75. The molecule has 1 atom stereocenters. The number of ether oxygens (including phenoxy) is 1. The Bertz CT molecular complexity index is 379. The van der Waals surface area contributed by atoms with Crippen LogP contribution >= 0.6 is 27.3 Å². The van der Waals surface area contributed by atoms with Crippen LogP contribution in [-0.4, -0.2) is 24.6 Å². The molecule has 0 saturated carbocycles. The van der Waals surface area contributed by atoms with Crippen molar-refractivity contribution in [1.29, 1.82) is 0 Å². The van der Waals surface area contributed by atoms with Crippen LogP contribution in [0.2, 0.25) is 0 Å². The molecular weight excluding hydrogens is 266 g/mol. The van der Waals surface area contributed by atoms with E-state index in [1.54, 1.807) is 23.3 Å². The third-order valence-electron chi connectivity index (χ3n) is 2.26. The molecule has 0 aromatic carbocycles. The molecule has 0 N–H and O–H groups in total. The number of hydrogen-bond donors (Lipinski definition) is 0. The molecular formula is C9H10BrNO2S. The van der Waals surface area contributed by atoms with E-state index in [0.717, 1.165) is 8.66 Å². The first-order valence-electron chi connectivity index (χ1n) is 4.21. The molecule has 0 aliphatic carbocycles. The van der Waals surface area contributed by atoms with Crippen LogP contribution in [0.15, 0.2) is 15.9 Å². The highest BCUT2D eigenvalue weighted by Gasteiger charge is 2.41. The van der Waals surface area contributed by atoms with Gasteiger partial charge in [-0.3, -0.25) is 0 Å². The summed E-state index contributed by atoms with van der Waals surface area (Å²) in [6.07, 6.45) is -0.253. The fourth-order valence-corrected chi connectivity index (χ4v) is 3.01. The van der Waals surface area contributed by atoms with Crippen LogP contribution in [0, 0.1) is 0 Å². The molecule has 1 saturated heterocycles. The molecule has 1 aromatic rings. The van der Waals surface area contributed by atoms with E-state index in [4.69, 9.17) is 4.74 Å². The third-order valence-corrected chi connectivity index (χ3v) is 4.13. The van der Waals surface area contributed by atoms with Crippen LogP contribution in [0.3, 0.4) is 0 Å². The third kappa shape index (κ3) is 1.54. The van der Waals surface area contributed by atoms with Crippen LogP contribution in [0.5, 0.6) is 0 Å². The van der Waals surface area contributed by atoms with E-state index >= 15 is 0 Å². The topological polar surface area (TPSA) is 29.5 Å². The molecule has 2 heterocycles. The predicted octanol–water partition coefficient (Wildman–Crippen LogP) is 2.81. The number of likely N-dealkylation sites (N-methyl/N-ethyl adjacent to an activating group) is 1. The first-order valence-corrected chi connectivity index (χ1v) is 5.82. The van der Waals surface area contributed by atoms with Crippen LogP contribution < -0.4 is 0 Å². The Balaban J connectivity index is 2.30. The Labute approximate surface area is 94.8 Å². The zero-order valence-electron chi connectivity index (χ0n) is 7.91. The fraction of sp³-hybridized carbons (Fsp3) is 0.444. The summed E-state index contributed by atoms with van der Waals surface area (Å²) in [6, 6.07) is 3.96. The van der Waals surface area contributed by atoms with Gasteiger partial charge in [0.1, 0.15) is 0 Å². The molecule has 1 aromatic heterocycles. The molecule has 1 fully saturated rings. The summed E-state index contributed by atoms with van der Waals surface area (Å²) < 4.78 is 6.39. The number of amides is 1. The van der Waals surface area contributed by atoms with E-state index in [2.05, 4.69) is 15.9 Å². The summed E-state index contributed by atoms with van der Waals surface area (Å²) in [6.45, 7) is 2.55. The van der Waals surface area contributed by atoms with Gasteiger partial charge in [-0.15, -0.1) is 11.3 Å². The van der Waals surface area contributed by atoms with Gasteiger partial charge >= 0.3 is 6.09 Å². The van der Waals surface area contributed by atoms with E-state index in [1.807, 2.05) is 19.1 Å². The number of carbonyl (C=O) groups is 1. The molecule has 1 aliphatic rings. The minimum absolute atomic E-state index is 0.253. The van der Waals surface area contributed by atoms with E-state index < -0.39 is 5.60 Å². The lowest BCUT2D eigenvalue weighted by Gasteiger charge is -2.19. The van der Waals surface area contributed by atoms with Crippen molar-refractivity contribution in [3.8, 4) is 0 Å². The van der Waals surface area contributed by atoms with Gasteiger partial charge in [0.2, 0.25) is 0 Å². The van der Waals surface area contributed by atoms with Crippen molar-refractivity contribution >= 4 is 33.4 Å². The molecule has 1 unspecified atom stereocenters. The number of cyclic esters (lactones) is 1. The maximum Gasteiger partial charge on any atom is 0.410 e. The summed E-state index contributed by atoms with van der Waals surface area (Å²) >= 11 is 5.00. The summed E-state index contributed by atoms with van der Waals surface area (Å²) in [5.41, 5.74) is -0.484. The van der Waals surface area contributed by atoms with Gasteiger partial charge in [0.15, 0.2) is 5.60 Å². The van der Waals surface area contributed by atoms with Crippen molar-refractivity contribution in [3.63, 3.8) is 0 Å². The van der Waals surface area contributed by atoms with Gasteiger partial charge in [0, 0.05) is 7.05 Å². The zero-order chi connectivity index (χ0) is 10.3. The molecule has 5 heteroatoms. The predicted molar refractivity (Wildman–Crippen MR) is 58.5 cm³/mol. The standard InChI is InChI=1S/C9H10BrNO2S/c1-9(5-11(2)8(12)13-9)6-3-4-7(10)14-6/h3-4H,5H2,1-2H3. The maximum atomic E-state index is 11.3. The van der Waals surface area contributed by atoms with Gasteiger partial charge < -0.3 is 9.64 Å². The molecule has 2 rings (SSSR count). The largest absolute Gasteiger partial charge is 0.435 e. The molecule has 1 aliphatic heterocycles. The Morgan fingerprint density at radius 2 is 2.36 bits per heavy atom. The molecule has 0 bridgehead atoms. The van der Waals surface area contributed by atoms with Crippen LogP contribution in [0.25, 0.3) is 0 Å². The highest BCUT2D eigenvalue weighted by atomic mass is 79.9. The normalized spacial score (nSPS) is 26.8. The van der Waals surface area contributed by atoms with E-state index in [9.17, 15) is 4.79 Å². The second-order valence-electron chi connectivity index (χ2n) is 3.56. The first-order chi connectivity index (χ1) is 6.51. The number of carbonyl (C=O) groups excluding carboxylic acids is 1. The van der Waals surface area contributed by atoms with Crippen LogP contribution in [0.4, 0.5) is 4.79 Å². The Morgan fingerprint density at radius 3 is 2.79 bits per heavy atom. The van der Waals surface area contributed by atoms with Crippen molar-refractivity contribution in [3.05, 3.63) is 20.8 Å². The second kappa shape index (κ2) is 3.24. The molecule has 76 valence electrons. The Kier molecular flexibility index (Phi) is 2.31. The molecule has 0 spiro atoms. The molecule has 14 heavy (non-hydrogen) atoms. The average Bonchev–Trinajstić information content (AvgIpc) is 2.60. The van der Waals surface area contributed by atoms with Gasteiger partial charge in [-0.05, 0) is 35.0 Å². The number of nitrogens with zero attached hydrogens (tertiary/aromatic N) is 1. The van der Waals surface area contributed by atoms with E-state index in [1.165, 1.54) is 0 Å².